The van der Waals surface area contributed by atoms with Crippen molar-refractivity contribution in [2.75, 3.05) is 26.2 Å². The van der Waals surface area contributed by atoms with Crippen molar-refractivity contribution in [2.24, 2.45) is 0 Å². The Morgan fingerprint density at radius 2 is 1.78 bits per heavy atom. The number of rotatable bonds is 10. The van der Waals surface area contributed by atoms with Gasteiger partial charge in [-0.1, -0.05) is 42.5 Å². The van der Waals surface area contributed by atoms with Crippen LogP contribution in [0.5, 0.6) is 0 Å². The molecule has 5 rings (SSSR count). The molecule has 1 spiro atoms. The van der Waals surface area contributed by atoms with E-state index >= 15 is 0 Å². The number of hydrogen-bond acceptors (Lipinski definition) is 5. The Balaban J connectivity index is 0.00000387. The predicted octanol–water partition coefficient (Wildman–Crippen LogP) is 3.24. The summed E-state index contributed by atoms with van der Waals surface area (Å²) in [7, 11) is 0. The zero-order valence-corrected chi connectivity index (χ0v) is 24.8. The van der Waals surface area contributed by atoms with Gasteiger partial charge < -0.3 is 30.7 Å². The van der Waals surface area contributed by atoms with Crippen LogP contribution in [0.15, 0.2) is 54.7 Å². The van der Waals surface area contributed by atoms with Crippen molar-refractivity contribution in [1.29, 1.82) is 0 Å². The molecule has 2 atom stereocenters. The topological polar surface area (TPSA) is 118 Å². The number of β-amino-alcohol motifs (C(OH)–C–C–N with tert-alkyl or cyclic N) is 1. The van der Waals surface area contributed by atoms with Crippen LogP contribution in [0.2, 0.25) is 0 Å². The van der Waals surface area contributed by atoms with Crippen molar-refractivity contribution in [3.8, 4) is 0 Å². The number of aromatic nitrogens is 1. The second-order valence-corrected chi connectivity index (χ2v) is 12.2. The van der Waals surface area contributed by atoms with Crippen LogP contribution in [0.4, 0.5) is 0 Å². The van der Waals surface area contributed by atoms with Crippen molar-refractivity contribution >= 4 is 35.1 Å². The number of halogens is 1. The standard InChI is InChI=1S/C32H42N4O4.ClH/c1-31(2,34-20-24(38)21-37)18-29(39)35-28(17-23-19-33-27-10-6-4-8-25(23)27)30(40)36-15-13-32(14-16-36)12-11-22-7-3-5-9-26(22)32;/h3-10,19,24,28,33-34,37-38H,11-18,20-21H2,1-2H3,(H,35,39);1H/t24-,28-;/m1./s1. The number of carbonyl (C=O) groups excluding carboxylic acids is 2. The van der Waals surface area contributed by atoms with Gasteiger partial charge in [0.2, 0.25) is 11.8 Å². The smallest absolute Gasteiger partial charge is 0.245 e. The molecular formula is C32H43ClN4O4. The van der Waals surface area contributed by atoms with Gasteiger partial charge in [0, 0.05) is 55.1 Å². The number of carbonyl (C=O) groups is 2. The van der Waals surface area contributed by atoms with Crippen LogP contribution in [0.25, 0.3) is 10.9 Å². The summed E-state index contributed by atoms with van der Waals surface area (Å²) in [6.07, 6.45) is 5.67. The Kier molecular flexibility index (Phi) is 9.80. The normalized spacial score (nSPS) is 17.6. The lowest BCUT2D eigenvalue weighted by atomic mass is 9.74. The monoisotopic (exact) mass is 582 g/mol. The molecule has 0 bridgehead atoms. The maximum absolute atomic E-state index is 14.0. The van der Waals surface area contributed by atoms with Gasteiger partial charge in [0.1, 0.15) is 6.04 Å². The third-order valence-corrected chi connectivity index (χ3v) is 8.86. The summed E-state index contributed by atoms with van der Waals surface area (Å²) >= 11 is 0. The Bertz CT molecular complexity index is 1350. The molecule has 1 aromatic heterocycles. The number of amides is 2. The highest BCUT2D eigenvalue weighted by Crippen LogP contribution is 2.46. The Morgan fingerprint density at radius 3 is 2.54 bits per heavy atom. The zero-order valence-electron chi connectivity index (χ0n) is 24.0. The summed E-state index contributed by atoms with van der Waals surface area (Å²) in [6, 6.07) is 16.0. The SMILES string of the molecule is CC(C)(CC(=O)N[C@H](Cc1c[nH]c2ccccc12)C(=O)N1CCC2(CCc3ccccc32)CC1)NC[C@@H](O)CO.Cl. The van der Waals surface area contributed by atoms with E-state index in [2.05, 4.69) is 39.9 Å². The van der Waals surface area contributed by atoms with E-state index in [9.17, 15) is 14.7 Å². The lowest BCUT2D eigenvalue weighted by Gasteiger charge is -2.41. The van der Waals surface area contributed by atoms with E-state index in [1.165, 1.54) is 11.1 Å². The molecule has 1 aliphatic heterocycles. The molecule has 5 N–H and O–H groups in total. The van der Waals surface area contributed by atoms with Crippen molar-refractivity contribution in [3.05, 3.63) is 71.4 Å². The predicted molar refractivity (Wildman–Crippen MR) is 163 cm³/mol. The van der Waals surface area contributed by atoms with Crippen LogP contribution < -0.4 is 10.6 Å². The molecule has 1 saturated heterocycles. The average molecular weight is 583 g/mol. The van der Waals surface area contributed by atoms with Gasteiger partial charge >= 0.3 is 0 Å². The van der Waals surface area contributed by atoms with Crippen LogP contribution in [-0.2, 0) is 27.8 Å². The quantitative estimate of drug-likeness (QED) is 0.252. The van der Waals surface area contributed by atoms with Crippen molar-refractivity contribution < 1.29 is 19.8 Å². The number of fused-ring (bicyclic) bond motifs is 3. The van der Waals surface area contributed by atoms with Crippen LogP contribution >= 0.6 is 12.4 Å². The molecule has 8 nitrogen and oxygen atoms in total. The number of benzene rings is 2. The first kappa shape index (κ1) is 31.0. The number of piperidine rings is 1. The highest BCUT2D eigenvalue weighted by Gasteiger charge is 2.42. The van der Waals surface area contributed by atoms with E-state index in [-0.39, 0.29) is 49.2 Å². The Morgan fingerprint density at radius 1 is 1.07 bits per heavy atom. The summed E-state index contributed by atoms with van der Waals surface area (Å²) in [5.41, 5.74) is 4.42. The Hall–Kier alpha value is -2.91. The molecule has 0 saturated carbocycles. The van der Waals surface area contributed by atoms with Crippen LogP contribution in [0, 0.1) is 0 Å². The molecule has 2 aromatic carbocycles. The minimum absolute atomic E-state index is 0. The molecule has 1 aliphatic carbocycles. The number of H-pyrrole nitrogens is 1. The highest BCUT2D eigenvalue weighted by atomic mass is 35.5. The summed E-state index contributed by atoms with van der Waals surface area (Å²) in [4.78, 5) is 32.5. The van der Waals surface area contributed by atoms with E-state index < -0.39 is 17.7 Å². The van der Waals surface area contributed by atoms with Crippen molar-refractivity contribution in [3.63, 3.8) is 0 Å². The number of likely N-dealkylation sites (tertiary alicyclic amines) is 1. The van der Waals surface area contributed by atoms with Gasteiger partial charge in [0.25, 0.3) is 0 Å². The van der Waals surface area contributed by atoms with E-state index in [0.29, 0.717) is 19.5 Å². The third kappa shape index (κ3) is 6.95. The molecule has 2 amide bonds. The molecule has 222 valence electrons. The van der Waals surface area contributed by atoms with E-state index in [1.54, 1.807) is 0 Å². The maximum Gasteiger partial charge on any atom is 0.245 e. The van der Waals surface area contributed by atoms with Gasteiger partial charge in [-0.05, 0) is 67.7 Å². The van der Waals surface area contributed by atoms with Crippen molar-refractivity contribution in [1.82, 2.24) is 20.5 Å². The Labute approximate surface area is 248 Å². The molecule has 0 unspecified atom stereocenters. The van der Waals surface area contributed by atoms with E-state index in [4.69, 9.17) is 5.11 Å². The lowest BCUT2D eigenvalue weighted by molar-refractivity contribution is -0.138. The second kappa shape index (κ2) is 12.9. The summed E-state index contributed by atoms with van der Waals surface area (Å²) in [5, 5.41) is 26.1. The fourth-order valence-electron chi connectivity index (χ4n) is 6.55. The van der Waals surface area contributed by atoms with E-state index in [0.717, 1.165) is 42.1 Å². The van der Waals surface area contributed by atoms with Crippen LogP contribution in [0.1, 0.15) is 56.2 Å². The zero-order chi connectivity index (χ0) is 28.3. The minimum Gasteiger partial charge on any atom is -0.394 e. The third-order valence-electron chi connectivity index (χ3n) is 8.86. The van der Waals surface area contributed by atoms with Gasteiger partial charge in [0.15, 0.2) is 0 Å². The molecule has 3 aromatic rings. The molecule has 41 heavy (non-hydrogen) atoms. The lowest BCUT2D eigenvalue weighted by Crippen LogP contribution is -2.55. The highest BCUT2D eigenvalue weighted by molar-refractivity contribution is 5.90. The minimum atomic E-state index is -0.896. The van der Waals surface area contributed by atoms with Gasteiger partial charge in [0.05, 0.1) is 12.7 Å². The molecule has 1 fully saturated rings. The summed E-state index contributed by atoms with van der Waals surface area (Å²) < 4.78 is 0. The first-order valence-electron chi connectivity index (χ1n) is 14.5. The number of aromatic amines is 1. The number of aliphatic hydroxyl groups excluding tert-OH is 2. The average Bonchev–Trinajstić information content (AvgIpc) is 3.53. The fraction of sp³-hybridized carbons (Fsp3) is 0.500. The van der Waals surface area contributed by atoms with Gasteiger partial charge in [-0.25, -0.2) is 0 Å². The van der Waals surface area contributed by atoms with Gasteiger partial charge in [-0.3, -0.25) is 9.59 Å². The number of aryl methyl sites for hydroxylation is 1. The molecule has 0 radical (unpaired) electrons. The maximum atomic E-state index is 14.0. The van der Waals surface area contributed by atoms with Crippen LogP contribution in [0.3, 0.4) is 0 Å². The van der Waals surface area contributed by atoms with Gasteiger partial charge in [-0.2, -0.15) is 0 Å². The number of hydrogen-bond donors (Lipinski definition) is 5. The first-order valence-corrected chi connectivity index (χ1v) is 14.5. The number of para-hydroxylation sites is 1. The number of nitrogens with zero attached hydrogens (tertiary/aromatic N) is 1. The molecule has 9 heteroatoms. The molecular weight excluding hydrogens is 540 g/mol. The molecule has 2 aliphatic rings. The first-order chi connectivity index (χ1) is 19.2. The number of nitrogens with one attached hydrogen (secondary N) is 3. The summed E-state index contributed by atoms with van der Waals surface area (Å²) in [5.74, 6) is -0.270. The fourth-order valence-corrected chi connectivity index (χ4v) is 6.55. The van der Waals surface area contributed by atoms with Gasteiger partial charge in [-0.15, -0.1) is 12.4 Å². The largest absolute Gasteiger partial charge is 0.394 e. The van der Waals surface area contributed by atoms with Crippen molar-refractivity contribution in [2.45, 2.75) is 75.5 Å². The second-order valence-electron chi connectivity index (χ2n) is 12.2. The molecule has 2 heterocycles. The number of aliphatic hydroxyl groups is 2. The van der Waals surface area contributed by atoms with E-state index in [1.807, 2.05) is 49.2 Å². The van der Waals surface area contributed by atoms with Crippen LogP contribution in [-0.4, -0.2) is 75.8 Å². The summed E-state index contributed by atoms with van der Waals surface area (Å²) in [6.45, 7) is 4.93.